The number of hydrogen-bond acceptors (Lipinski definition) is 6. The van der Waals surface area contributed by atoms with Crippen LogP contribution in [-0.2, 0) is 5.54 Å². The van der Waals surface area contributed by atoms with Gasteiger partial charge < -0.3 is 9.64 Å². The van der Waals surface area contributed by atoms with Gasteiger partial charge in [0.2, 0.25) is 0 Å². The van der Waals surface area contributed by atoms with Crippen molar-refractivity contribution >= 4 is 5.69 Å². The van der Waals surface area contributed by atoms with Crippen molar-refractivity contribution in [2.75, 3.05) is 38.2 Å². The normalized spacial score (nSPS) is 16.4. The average molecular weight is 425 g/mol. The van der Waals surface area contributed by atoms with E-state index >= 15 is 0 Å². The number of piperazine rings is 1. The van der Waals surface area contributed by atoms with Gasteiger partial charge in [-0.3, -0.25) is 4.90 Å². The van der Waals surface area contributed by atoms with E-state index in [1.54, 1.807) is 7.11 Å². The van der Waals surface area contributed by atoms with Gasteiger partial charge in [0.15, 0.2) is 5.82 Å². The van der Waals surface area contributed by atoms with E-state index in [9.17, 15) is 4.39 Å². The Bertz CT molecular complexity index is 1010. The Morgan fingerprint density at radius 1 is 0.968 bits per heavy atom. The zero-order chi connectivity index (χ0) is 22.0. The van der Waals surface area contributed by atoms with Crippen LogP contribution in [0.3, 0.4) is 0 Å². The summed E-state index contributed by atoms with van der Waals surface area (Å²) in [6, 6.07) is 14.6. The first kappa shape index (κ1) is 21.2. The highest BCUT2D eigenvalue weighted by Crippen LogP contribution is 2.33. The monoisotopic (exact) mass is 424 g/mol. The van der Waals surface area contributed by atoms with Gasteiger partial charge in [0.25, 0.3) is 0 Å². The van der Waals surface area contributed by atoms with Gasteiger partial charge in [-0.1, -0.05) is 24.3 Å². The lowest BCUT2D eigenvalue weighted by Crippen LogP contribution is -2.48. The minimum atomic E-state index is -0.268. The van der Waals surface area contributed by atoms with Gasteiger partial charge in [-0.05, 0) is 61.0 Å². The number of hydrogen-bond donors (Lipinski definition) is 0. The van der Waals surface area contributed by atoms with Crippen LogP contribution in [0.2, 0.25) is 0 Å². The van der Waals surface area contributed by atoms with Gasteiger partial charge in [0.05, 0.1) is 24.4 Å². The molecular formula is C23H29FN6O. The third-order valence-electron chi connectivity index (χ3n) is 5.66. The highest BCUT2D eigenvalue weighted by molar-refractivity contribution is 5.58. The summed E-state index contributed by atoms with van der Waals surface area (Å²) in [4.78, 5) is 4.71. The standard InChI is InChI=1S/C23H29FN6O/c1-23(2,3)30-22(25-26-27-30)21(17-9-11-18(24)12-10-17)29-15-13-28(14-16-29)19-7-5-6-8-20(19)31-4/h5-12,21H,13-16H2,1-4H3. The molecule has 1 aromatic heterocycles. The summed E-state index contributed by atoms with van der Waals surface area (Å²) < 4.78 is 21.0. The summed E-state index contributed by atoms with van der Waals surface area (Å²) in [6.45, 7) is 9.55. The van der Waals surface area contributed by atoms with E-state index in [1.807, 2.05) is 35.0 Å². The molecule has 0 saturated carbocycles. The van der Waals surface area contributed by atoms with Gasteiger partial charge in [0.1, 0.15) is 11.6 Å². The summed E-state index contributed by atoms with van der Waals surface area (Å²) in [5.41, 5.74) is 1.81. The maximum Gasteiger partial charge on any atom is 0.173 e. The molecule has 0 spiro atoms. The first-order valence-corrected chi connectivity index (χ1v) is 10.5. The summed E-state index contributed by atoms with van der Waals surface area (Å²) in [5.74, 6) is 1.39. The van der Waals surface area contributed by atoms with E-state index in [0.717, 1.165) is 49.0 Å². The van der Waals surface area contributed by atoms with Crippen molar-refractivity contribution < 1.29 is 9.13 Å². The molecule has 8 heteroatoms. The predicted molar refractivity (Wildman–Crippen MR) is 118 cm³/mol. The van der Waals surface area contributed by atoms with Crippen molar-refractivity contribution in [2.45, 2.75) is 32.4 Å². The summed E-state index contributed by atoms with van der Waals surface area (Å²) in [6.07, 6.45) is 0. The van der Waals surface area contributed by atoms with Gasteiger partial charge in [-0.15, -0.1) is 5.10 Å². The van der Waals surface area contributed by atoms with Crippen molar-refractivity contribution in [1.29, 1.82) is 0 Å². The Morgan fingerprint density at radius 2 is 1.65 bits per heavy atom. The molecule has 164 valence electrons. The van der Waals surface area contributed by atoms with Crippen LogP contribution in [0.4, 0.5) is 10.1 Å². The number of halogens is 1. The SMILES string of the molecule is COc1ccccc1N1CCN(C(c2ccc(F)cc2)c2nnnn2C(C)(C)C)CC1. The molecule has 31 heavy (non-hydrogen) atoms. The average Bonchev–Trinajstić information content (AvgIpc) is 3.26. The lowest BCUT2D eigenvalue weighted by Gasteiger charge is -2.40. The largest absolute Gasteiger partial charge is 0.495 e. The molecular weight excluding hydrogens is 395 g/mol. The molecule has 0 radical (unpaired) electrons. The molecule has 2 heterocycles. The first-order chi connectivity index (χ1) is 14.9. The van der Waals surface area contributed by atoms with Crippen LogP contribution < -0.4 is 9.64 Å². The number of rotatable bonds is 5. The molecule has 1 atom stereocenters. The molecule has 2 aromatic carbocycles. The fourth-order valence-electron chi connectivity index (χ4n) is 4.12. The second-order valence-electron chi connectivity index (χ2n) is 8.77. The van der Waals surface area contributed by atoms with Gasteiger partial charge in [-0.2, -0.15) is 0 Å². The number of tetrazole rings is 1. The Balaban J connectivity index is 1.63. The molecule has 1 fully saturated rings. The topological polar surface area (TPSA) is 59.3 Å². The third-order valence-corrected chi connectivity index (χ3v) is 5.66. The molecule has 4 rings (SSSR count). The van der Waals surface area contributed by atoms with Gasteiger partial charge in [-0.25, -0.2) is 9.07 Å². The van der Waals surface area contributed by atoms with Crippen LogP contribution in [0, 0.1) is 5.82 Å². The molecule has 0 N–H and O–H groups in total. The van der Waals surface area contributed by atoms with Gasteiger partial charge in [0, 0.05) is 26.2 Å². The van der Waals surface area contributed by atoms with E-state index in [-0.39, 0.29) is 17.4 Å². The second kappa shape index (κ2) is 8.63. The van der Waals surface area contributed by atoms with Crippen molar-refractivity contribution in [2.24, 2.45) is 0 Å². The summed E-state index contributed by atoms with van der Waals surface area (Å²) >= 11 is 0. The highest BCUT2D eigenvalue weighted by Gasteiger charge is 2.33. The van der Waals surface area contributed by atoms with Gasteiger partial charge >= 0.3 is 0 Å². The van der Waals surface area contributed by atoms with Crippen molar-refractivity contribution in [3.63, 3.8) is 0 Å². The minimum Gasteiger partial charge on any atom is -0.495 e. The molecule has 1 saturated heterocycles. The number of anilines is 1. The summed E-state index contributed by atoms with van der Waals surface area (Å²) in [5, 5.41) is 12.6. The van der Waals surface area contributed by atoms with Crippen LogP contribution in [0.1, 0.15) is 38.2 Å². The van der Waals surface area contributed by atoms with E-state index in [2.05, 4.69) is 52.2 Å². The van der Waals surface area contributed by atoms with Crippen molar-refractivity contribution in [1.82, 2.24) is 25.1 Å². The molecule has 0 bridgehead atoms. The molecule has 1 aliphatic rings. The molecule has 3 aromatic rings. The third kappa shape index (κ3) is 4.39. The Hall–Kier alpha value is -3.00. The van der Waals surface area contributed by atoms with Crippen LogP contribution >= 0.6 is 0 Å². The predicted octanol–water partition coefficient (Wildman–Crippen LogP) is 3.49. The van der Waals surface area contributed by atoms with Crippen LogP contribution in [0.15, 0.2) is 48.5 Å². The van der Waals surface area contributed by atoms with E-state index < -0.39 is 0 Å². The number of methoxy groups -OCH3 is 1. The Labute approximate surface area is 182 Å². The molecule has 1 unspecified atom stereocenters. The fourth-order valence-corrected chi connectivity index (χ4v) is 4.12. The summed E-state index contributed by atoms with van der Waals surface area (Å²) in [7, 11) is 1.70. The van der Waals surface area contributed by atoms with Crippen molar-refractivity contribution in [3.8, 4) is 5.75 Å². The van der Waals surface area contributed by atoms with E-state index in [0.29, 0.717) is 0 Å². The maximum absolute atomic E-state index is 13.6. The number of para-hydroxylation sites is 2. The number of aromatic nitrogens is 4. The fraction of sp³-hybridized carbons (Fsp3) is 0.435. The number of nitrogens with zero attached hydrogens (tertiary/aromatic N) is 6. The highest BCUT2D eigenvalue weighted by atomic mass is 19.1. The van der Waals surface area contributed by atoms with E-state index in [4.69, 9.17) is 4.74 Å². The van der Waals surface area contributed by atoms with Crippen LogP contribution in [-0.4, -0.2) is 58.4 Å². The number of benzene rings is 2. The Morgan fingerprint density at radius 3 is 2.29 bits per heavy atom. The Kier molecular flexibility index (Phi) is 5.91. The van der Waals surface area contributed by atoms with Crippen molar-refractivity contribution in [3.05, 3.63) is 65.7 Å². The zero-order valence-electron chi connectivity index (χ0n) is 18.5. The molecule has 0 aliphatic carbocycles. The lowest BCUT2D eigenvalue weighted by molar-refractivity contribution is 0.191. The first-order valence-electron chi connectivity index (χ1n) is 10.5. The zero-order valence-corrected chi connectivity index (χ0v) is 18.5. The lowest BCUT2D eigenvalue weighted by atomic mass is 10.0. The smallest absolute Gasteiger partial charge is 0.173 e. The second-order valence-corrected chi connectivity index (χ2v) is 8.77. The maximum atomic E-state index is 13.6. The van der Waals surface area contributed by atoms with Crippen LogP contribution in [0.25, 0.3) is 0 Å². The van der Waals surface area contributed by atoms with E-state index in [1.165, 1.54) is 12.1 Å². The quantitative estimate of drug-likeness (QED) is 0.625. The molecule has 0 amide bonds. The minimum absolute atomic E-state index is 0.158. The number of ether oxygens (including phenoxy) is 1. The molecule has 1 aliphatic heterocycles. The molecule has 7 nitrogen and oxygen atoms in total. The van der Waals surface area contributed by atoms with Crippen LogP contribution in [0.5, 0.6) is 5.75 Å².